The van der Waals surface area contributed by atoms with Gasteiger partial charge in [-0.15, -0.1) is 0 Å². The SMILES string of the molecule is CC(Nc1ncc2cc(-c3ccccc3Cl)c(=O)n(C3CC3)c2n1)C(C)(C)O. The van der Waals surface area contributed by atoms with E-state index in [0.717, 1.165) is 18.2 Å². The van der Waals surface area contributed by atoms with Crippen LogP contribution in [-0.2, 0) is 0 Å². The van der Waals surface area contributed by atoms with Gasteiger partial charge in [0.25, 0.3) is 5.56 Å². The average Bonchev–Trinajstić information content (AvgIpc) is 3.46. The number of halogens is 1. The molecule has 28 heavy (non-hydrogen) atoms. The number of nitrogens with zero attached hydrogens (tertiary/aromatic N) is 3. The number of hydrogen-bond donors (Lipinski definition) is 2. The van der Waals surface area contributed by atoms with Crippen molar-refractivity contribution in [3.05, 3.63) is 51.9 Å². The number of aromatic nitrogens is 3. The molecule has 1 aliphatic carbocycles. The topological polar surface area (TPSA) is 80.0 Å². The summed E-state index contributed by atoms with van der Waals surface area (Å²) in [6.45, 7) is 5.31. The maximum Gasteiger partial charge on any atom is 0.260 e. The number of anilines is 1. The highest BCUT2D eigenvalue weighted by Gasteiger charge is 2.29. The van der Waals surface area contributed by atoms with Crippen LogP contribution in [-0.4, -0.2) is 31.3 Å². The van der Waals surface area contributed by atoms with E-state index in [0.29, 0.717) is 27.7 Å². The minimum Gasteiger partial charge on any atom is -0.388 e. The van der Waals surface area contributed by atoms with Crippen molar-refractivity contribution in [1.82, 2.24) is 14.5 Å². The molecule has 0 saturated heterocycles. The number of pyridine rings is 1. The molecule has 2 heterocycles. The van der Waals surface area contributed by atoms with Gasteiger partial charge in [0, 0.05) is 33.8 Å². The van der Waals surface area contributed by atoms with Gasteiger partial charge in [0.2, 0.25) is 5.95 Å². The van der Waals surface area contributed by atoms with Crippen LogP contribution in [0.25, 0.3) is 22.2 Å². The first-order valence-corrected chi connectivity index (χ1v) is 9.79. The first-order chi connectivity index (χ1) is 13.3. The van der Waals surface area contributed by atoms with Gasteiger partial charge in [-0.05, 0) is 45.7 Å². The summed E-state index contributed by atoms with van der Waals surface area (Å²) in [6.07, 6.45) is 3.61. The van der Waals surface area contributed by atoms with Crippen LogP contribution >= 0.6 is 11.6 Å². The highest BCUT2D eigenvalue weighted by Crippen LogP contribution is 2.37. The molecule has 4 rings (SSSR count). The van der Waals surface area contributed by atoms with Crippen molar-refractivity contribution in [3.8, 4) is 11.1 Å². The van der Waals surface area contributed by atoms with E-state index in [9.17, 15) is 9.90 Å². The molecule has 2 aromatic heterocycles. The van der Waals surface area contributed by atoms with Gasteiger partial charge < -0.3 is 10.4 Å². The molecule has 6 nitrogen and oxygen atoms in total. The zero-order chi connectivity index (χ0) is 20.1. The first kappa shape index (κ1) is 18.9. The Labute approximate surface area is 168 Å². The average molecular weight is 399 g/mol. The highest BCUT2D eigenvalue weighted by molar-refractivity contribution is 6.33. The summed E-state index contributed by atoms with van der Waals surface area (Å²) in [4.78, 5) is 22.3. The molecule has 1 atom stereocenters. The van der Waals surface area contributed by atoms with Crippen molar-refractivity contribution in [1.29, 1.82) is 0 Å². The minimum absolute atomic E-state index is 0.0942. The minimum atomic E-state index is -0.928. The van der Waals surface area contributed by atoms with Gasteiger partial charge in [-0.1, -0.05) is 29.8 Å². The Bertz CT molecular complexity index is 1100. The lowest BCUT2D eigenvalue weighted by Crippen LogP contribution is -2.39. The van der Waals surface area contributed by atoms with Crippen molar-refractivity contribution >= 4 is 28.6 Å². The number of hydrogen-bond acceptors (Lipinski definition) is 5. The fourth-order valence-corrected chi connectivity index (χ4v) is 3.34. The van der Waals surface area contributed by atoms with E-state index in [1.165, 1.54) is 0 Å². The molecule has 0 amide bonds. The molecule has 0 bridgehead atoms. The van der Waals surface area contributed by atoms with Crippen molar-refractivity contribution in [2.75, 3.05) is 5.32 Å². The summed E-state index contributed by atoms with van der Waals surface area (Å²) in [7, 11) is 0. The van der Waals surface area contributed by atoms with Crippen LogP contribution in [0.15, 0.2) is 41.3 Å². The van der Waals surface area contributed by atoms with Gasteiger partial charge in [0.1, 0.15) is 5.65 Å². The van der Waals surface area contributed by atoms with Crippen LogP contribution in [0.2, 0.25) is 5.02 Å². The molecule has 146 valence electrons. The monoisotopic (exact) mass is 398 g/mol. The van der Waals surface area contributed by atoms with Crippen molar-refractivity contribution < 1.29 is 5.11 Å². The maximum atomic E-state index is 13.3. The molecule has 1 aliphatic rings. The highest BCUT2D eigenvalue weighted by atomic mass is 35.5. The predicted molar refractivity (Wildman–Crippen MR) is 112 cm³/mol. The molecule has 1 aromatic carbocycles. The van der Waals surface area contributed by atoms with Gasteiger partial charge in [0.05, 0.1) is 11.6 Å². The standard InChI is InChI=1S/C21H23ClN4O2/c1-12(21(2,3)28)24-20-23-11-13-10-16(15-6-4-5-7-17(15)22)19(27)26(14-8-9-14)18(13)25-20/h4-7,10-12,14,28H,8-9H2,1-3H3,(H,23,24,25). The second-order valence-electron chi connectivity index (χ2n) is 7.94. The van der Waals surface area contributed by atoms with Gasteiger partial charge in [-0.3, -0.25) is 9.36 Å². The summed E-state index contributed by atoms with van der Waals surface area (Å²) in [6, 6.07) is 9.04. The van der Waals surface area contributed by atoms with Crippen LogP contribution in [0, 0.1) is 0 Å². The molecule has 3 aromatic rings. The van der Waals surface area contributed by atoms with Crippen molar-refractivity contribution in [3.63, 3.8) is 0 Å². The second-order valence-corrected chi connectivity index (χ2v) is 8.34. The molecule has 7 heteroatoms. The lowest BCUT2D eigenvalue weighted by Gasteiger charge is -2.26. The Kier molecular flexibility index (Phi) is 4.63. The zero-order valence-electron chi connectivity index (χ0n) is 16.1. The van der Waals surface area contributed by atoms with E-state index in [1.807, 2.05) is 25.1 Å². The van der Waals surface area contributed by atoms with Crippen molar-refractivity contribution in [2.45, 2.75) is 51.3 Å². The van der Waals surface area contributed by atoms with Gasteiger partial charge in [0.15, 0.2) is 0 Å². The number of benzene rings is 1. The summed E-state index contributed by atoms with van der Waals surface area (Å²) in [5.74, 6) is 0.390. The van der Waals surface area contributed by atoms with Crippen LogP contribution in [0.4, 0.5) is 5.95 Å². The van der Waals surface area contributed by atoms with E-state index in [4.69, 9.17) is 11.6 Å². The Hall–Kier alpha value is -2.44. The summed E-state index contributed by atoms with van der Waals surface area (Å²) in [5, 5.41) is 14.6. The Morgan fingerprint density at radius 3 is 2.64 bits per heavy atom. The molecular formula is C21H23ClN4O2. The van der Waals surface area contributed by atoms with E-state index >= 15 is 0 Å². The lowest BCUT2D eigenvalue weighted by atomic mass is 10.0. The largest absolute Gasteiger partial charge is 0.388 e. The third-order valence-corrected chi connectivity index (χ3v) is 5.58. The fourth-order valence-electron chi connectivity index (χ4n) is 3.10. The maximum absolute atomic E-state index is 13.3. The molecule has 0 spiro atoms. The smallest absolute Gasteiger partial charge is 0.260 e. The van der Waals surface area contributed by atoms with Crippen LogP contribution < -0.4 is 10.9 Å². The number of fused-ring (bicyclic) bond motifs is 1. The van der Waals surface area contributed by atoms with Gasteiger partial charge in [-0.25, -0.2) is 4.98 Å². The molecule has 0 radical (unpaired) electrons. The van der Waals surface area contributed by atoms with Gasteiger partial charge >= 0.3 is 0 Å². The predicted octanol–water partition coefficient (Wildman–Crippen LogP) is 4.02. The summed E-state index contributed by atoms with van der Waals surface area (Å²) >= 11 is 6.34. The number of nitrogens with one attached hydrogen (secondary N) is 1. The third kappa shape index (κ3) is 3.50. The fraction of sp³-hybridized carbons (Fsp3) is 0.381. The van der Waals surface area contributed by atoms with E-state index in [2.05, 4.69) is 15.3 Å². The first-order valence-electron chi connectivity index (χ1n) is 9.42. The van der Waals surface area contributed by atoms with Crippen LogP contribution in [0.1, 0.15) is 39.7 Å². The lowest BCUT2D eigenvalue weighted by molar-refractivity contribution is 0.0646. The number of rotatable bonds is 5. The summed E-state index contributed by atoms with van der Waals surface area (Å²) in [5.41, 5.74) is 0.845. The van der Waals surface area contributed by atoms with Crippen LogP contribution in [0.3, 0.4) is 0 Å². The Morgan fingerprint density at radius 2 is 2.00 bits per heavy atom. The Morgan fingerprint density at radius 1 is 1.29 bits per heavy atom. The van der Waals surface area contributed by atoms with E-state index in [1.54, 1.807) is 36.7 Å². The normalized spacial score (nSPS) is 15.6. The second kappa shape index (κ2) is 6.87. The molecule has 1 saturated carbocycles. The molecule has 2 N–H and O–H groups in total. The molecular weight excluding hydrogens is 376 g/mol. The van der Waals surface area contributed by atoms with E-state index in [-0.39, 0.29) is 17.6 Å². The van der Waals surface area contributed by atoms with E-state index < -0.39 is 5.60 Å². The summed E-state index contributed by atoms with van der Waals surface area (Å²) < 4.78 is 1.76. The zero-order valence-corrected chi connectivity index (χ0v) is 16.9. The Balaban J connectivity index is 1.87. The van der Waals surface area contributed by atoms with Crippen molar-refractivity contribution in [2.24, 2.45) is 0 Å². The molecule has 1 unspecified atom stereocenters. The molecule has 1 fully saturated rings. The molecule has 0 aliphatic heterocycles. The van der Waals surface area contributed by atoms with Crippen LogP contribution in [0.5, 0.6) is 0 Å². The number of aliphatic hydroxyl groups is 1. The third-order valence-electron chi connectivity index (χ3n) is 5.25. The quantitative estimate of drug-likeness (QED) is 0.678. The van der Waals surface area contributed by atoms with Gasteiger partial charge in [-0.2, -0.15) is 4.98 Å².